The lowest BCUT2D eigenvalue weighted by Gasteiger charge is -2.07. The van der Waals surface area contributed by atoms with Crippen molar-refractivity contribution in [1.29, 1.82) is 0 Å². The van der Waals surface area contributed by atoms with Gasteiger partial charge in [-0.25, -0.2) is 9.78 Å². The van der Waals surface area contributed by atoms with Gasteiger partial charge in [-0.3, -0.25) is 4.79 Å². The van der Waals surface area contributed by atoms with Crippen LogP contribution in [0.15, 0.2) is 42.6 Å². The van der Waals surface area contributed by atoms with Crippen molar-refractivity contribution in [3.8, 4) is 0 Å². The largest absolute Gasteiger partial charge is 0.478 e. The molecule has 0 spiro atoms. The molecule has 23 heavy (non-hydrogen) atoms. The molecule has 3 aromatic rings. The van der Waals surface area contributed by atoms with Crippen LogP contribution in [0.3, 0.4) is 0 Å². The quantitative estimate of drug-likeness (QED) is 0.688. The number of carbonyl (C=O) groups is 2. The lowest BCUT2D eigenvalue weighted by molar-refractivity contribution is 0.0696. The van der Waals surface area contributed by atoms with E-state index in [4.69, 9.17) is 0 Å². The van der Waals surface area contributed by atoms with E-state index in [9.17, 15) is 14.7 Å². The number of aromatic amines is 1. The number of pyridine rings is 1. The van der Waals surface area contributed by atoms with Crippen molar-refractivity contribution in [2.45, 2.75) is 6.42 Å². The van der Waals surface area contributed by atoms with Crippen molar-refractivity contribution in [2.75, 3.05) is 7.05 Å². The third-order valence-corrected chi connectivity index (χ3v) is 3.64. The number of nitrogens with zero attached hydrogens (tertiary/aromatic N) is 1. The predicted octanol–water partition coefficient (Wildman–Crippen LogP) is 2.21. The molecular weight excluding hydrogens is 294 g/mol. The van der Waals surface area contributed by atoms with Crippen LogP contribution >= 0.6 is 0 Å². The van der Waals surface area contributed by atoms with Gasteiger partial charge in [-0.15, -0.1) is 0 Å². The number of amides is 1. The molecule has 3 rings (SSSR count). The van der Waals surface area contributed by atoms with Gasteiger partial charge in [0.05, 0.1) is 5.56 Å². The Morgan fingerprint density at radius 2 is 2.09 bits per heavy atom. The number of carboxylic acid groups (broad SMARTS) is 1. The first kappa shape index (κ1) is 14.8. The highest BCUT2D eigenvalue weighted by Gasteiger charge is 2.14. The number of H-pyrrole nitrogens is 1. The van der Waals surface area contributed by atoms with E-state index in [0.29, 0.717) is 12.1 Å². The topological polar surface area (TPSA) is 95.1 Å². The van der Waals surface area contributed by atoms with E-state index in [2.05, 4.69) is 15.3 Å². The zero-order valence-electron chi connectivity index (χ0n) is 12.5. The Morgan fingerprint density at radius 3 is 2.83 bits per heavy atom. The SMILES string of the molecule is CNC(=O)c1cc(C(=O)O)cc(Cc2cccc3[nH]ccc23)n1. The molecule has 2 aromatic heterocycles. The van der Waals surface area contributed by atoms with Crippen LogP contribution in [-0.2, 0) is 6.42 Å². The fourth-order valence-electron chi connectivity index (χ4n) is 2.55. The van der Waals surface area contributed by atoms with Gasteiger partial charge < -0.3 is 15.4 Å². The highest BCUT2D eigenvalue weighted by atomic mass is 16.4. The first-order chi connectivity index (χ1) is 11.1. The van der Waals surface area contributed by atoms with Crippen LogP contribution in [0.4, 0.5) is 0 Å². The van der Waals surface area contributed by atoms with Gasteiger partial charge in [-0.05, 0) is 29.8 Å². The Labute approximate surface area is 132 Å². The smallest absolute Gasteiger partial charge is 0.335 e. The molecule has 2 heterocycles. The second-order valence-corrected chi connectivity index (χ2v) is 5.15. The van der Waals surface area contributed by atoms with Crippen molar-refractivity contribution >= 4 is 22.8 Å². The molecule has 0 bridgehead atoms. The van der Waals surface area contributed by atoms with Crippen LogP contribution in [0, 0.1) is 0 Å². The highest BCUT2D eigenvalue weighted by molar-refractivity contribution is 5.96. The summed E-state index contributed by atoms with van der Waals surface area (Å²) in [4.78, 5) is 30.5. The normalized spacial score (nSPS) is 10.7. The number of aromatic nitrogens is 2. The minimum absolute atomic E-state index is 0.0508. The van der Waals surface area contributed by atoms with Gasteiger partial charge in [0.2, 0.25) is 0 Å². The van der Waals surface area contributed by atoms with Crippen molar-refractivity contribution in [1.82, 2.24) is 15.3 Å². The number of fused-ring (bicyclic) bond motifs is 1. The van der Waals surface area contributed by atoms with Gasteiger partial charge in [0.25, 0.3) is 5.91 Å². The number of hydrogen-bond acceptors (Lipinski definition) is 3. The Hall–Kier alpha value is -3.15. The lowest BCUT2D eigenvalue weighted by Crippen LogP contribution is -2.20. The van der Waals surface area contributed by atoms with Crippen LogP contribution in [0.5, 0.6) is 0 Å². The number of benzene rings is 1. The van der Waals surface area contributed by atoms with E-state index in [0.717, 1.165) is 16.5 Å². The number of rotatable bonds is 4. The molecule has 116 valence electrons. The summed E-state index contributed by atoms with van der Waals surface area (Å²) >= 11 is 0. The average Bonchev–Trinajstić information content (AvgIpc) is 3.03. The molecule has 0 saturated heterocycles. The molecule has 0 saturated carbocycles. The number of aromatic carboxylic acids is 1. The third-order valence-electron chi connectivity index (χ3n) is 3.64. The molecule has 6 nitrogen and oxygen atoms in total. The van der Waals surface area contributed by atoms with E-state index >= 15 is 0 Å². The fourth-order valence-corrected chi connectivity index (χ4v) is 2.55. The van der Waals surface area contributed by atoms with Crippen LogP contribution in [0.2, 0.25) is 0 Å². The molecule has 3 N–H and O–H groups in total. The third kappa shape index (κ3) is 2.91. The molecule has 1 aromatic carbocycles. The molecule has 6 heteroatoms. The van der Waals surface area contributed by atoms with Gasteiger partial charge in [0.15, 0.2) is 0 Å². The van der Waals surface area contributed by atoms with Crippen LogP contribution in [-0.4, -0.2) is 34.0 Å². The van der Waals surface area contributed by atoms with E-state index in [1.54, 1.807) is 0 Å². The van der Waals surface area contributed by atoms with Crippen molar-refractivity contribution in [2.24, 2.45) is 0 Å². The molecule has 0 aliphatic rings. The number of carboxylic acids is 1. The monoisotopic (exact) mass is 309 g/mol. The summed E-state index contributed by atoms with van der Waals surface area (Å²) in [6.07, 6.45) is 2.30. The van der Waals surface area contributed by atoms with Crippen LogP contribution in [0.25, 0.3) is 10.9 Å². The number of nitrogens with one attached hydrogen (secondary N) is 2. The molecule has 0 unspecified atom stereocenters. The Balaban J connectivity index is 2.05. The summed E-state index contributed by atoms with van der Waals surface area (Å²) in [6, 6.07) is 10.6. The molecule has 0 aliphatic heterocycles. The van der Waals surface area contributed by atoms with E-state index in [-0.39, 0.29) is 11.3 Å². The molecule has 0 fully saturated rings. The maximum atomic E-state index is 11.8. The molecule has 0 radical (unpaired) electrons. The second kappa shape index (κ2) is 5.92. The first-order valence-corrected chi connectivity index (χ1v) is 7.10. The Morgan fingerprint density at radius 1 is 1.26 bits per heavy atom. The second-order valence-electron chi connectivity index (χ2n) is 5.15. The van der Waals surface area contributed by atoms with Crippen molar-refractivity contribution in [3.05, 3.63) is 65.1 Å². The average molecular weight is 309 g/mol. The number of hydrogen-bond donors (Lipinski definition) is 3. The fraction of sp³-hybridized carbons (Fsp3) is 0.118. The summed E-state index contributed by atoms with van der Waals surface area (Å²) in [5.41, 5.74) is 2.71. The molecule has 1 amide bonds. The van der Waals surface area contributed by atoms with E-state index < -0.39 is 11.9 Å². The van der Waals surface area contributed by atoms with Gasteiger partial charge in [-0.2, -0.15) is 0 Å². The van der Waals surface area contributed by atoms with E-state index in [1.807, 2.05) is 30.5 Å². The van der Waals surface area contributed by atoms with Crippen molar-refractivity contribution in [3.63, 3.8) is 0 Å². The zero-order chi connectivity index (χ0) is 16.4. The lowest BCUT2D eigenvalue weighted by atomic mass is 10.0. The van der Waals surface area contributed by atoms with Crippen molar-refractivity contribution < 1.29 is 14.7 Å². The predicted molar refractivity (Wildman–Crippen MR) is 85.7 cm³/mol. The maximum Gasteiger partial charge on any atom is 0.335 e. The summed E-state index contributed by atoms with van der Waals surface area (Å²) in [7, 11) is 1.48. The molecule has 0 atom stereocenters. The minimum atomic E-state index is -1.08. The van der Waals surface area contributed by atoms with Gasteiger partial charge in [0.1, 0.15) is 5.69 Å². The minimum Gasteiger partial charge on any atom is -0.478 e. The zero-order valence-corrected chi connectivity index (χ0v) is 12.5. The standard InChI is InChI=1S/C17H15N3O3/c1-18-16(21)15-9-11(17(22)23)8-12(20-15)7-10-3-2-4-14-13(10)5-6-19-14/h2-6,8-9,19H,7H2,1H3,(H,18,21)(H,22,23). The van der Waals surface area contributed by atoms with Crippen LogP contribution < -0.4 is 5.32 Å². The van der Waals surface area contributed by atoms with Crippen LogP contribution in [0.1, 0.15) is 32.1 Å². The van der Waals surface area contributed by atoms with Gasteiger partial charge >= 0.3 is 5.97 Å². The molecular formula is C17H15N3O3. The van der Waals surface area contributed by atoms with Gasteiger partial charge in [0, 0.05) is 36.3 Å². The molecule has 0 aliphatic carbocycles. The first-order valence-electron chi connectivity index (χ1n) is 7.10. The van der Waals surface area contributed by atoms with Gasteiger partial charge in [-0.1, -0.05) is 12.1 Å². The maximum absolute atomic E-state index is 11.8. The summed E-state index contributed by atoms with van der Waals surface area (Å²) in [5, 5.41) is 12.7. The Bertz CT molecular complexity index is 899. The Kier molecular flexibility index (Phi) is 3.80. The summed E-state index contributed by atoms with van der Waals surface area (Å²) < 4.78 is 0. The summed E-state index contributed by atoms with van der Waals surface area (Å²) in [6.45, 7) is 0. The van der Waals surface area contributed by atoms with E-state index in [1.165, 1.54) is 19.2 Å². The highest BCUT2D eigenvalue weighted by Crippen LogP contribution is 2.20. The summed E-state index contributed by atoms with van der Waals surface area (Å²) in [5.74, 6) is -1.49. The number of carbonyl (C=O) groups excluding carboxylic acids is 1.